The van der Waals surface area contributed by atoms with Gasteiger partial charge in [0.2, 0.25) is 5.91 Å². The highest BCUT2D eigenvalue weighted by atomic mass is 35.5. The van der Waals surface area contributed by atoms with E-state index in [-0.39, 0.29) is 24.4 Å². The minimum Gasteiger partial charge on any atom is -0.390 e. The number of rotatable bonds is 4. The van der Waals surface area contributed by atoms with Crippen molar-refractivity contribution in [3.05, 3.63) is 0 Å². The zero-order chi connectivity index (χ0) is 18.1. The summed E-state index contributed by atoms with van der Waals surface area (Å²) < 4.78 is 0. The summed E-state index contributed by atoms with van der Waals surface area (Å²) in [6.45, 7) is 1.08. The Morgan fingerprint density at radius 1 is 1.11 bits per heavy atom. The van der Waals surface area contributed by atoms with Gasteiger partial charge in [-0.15, -0.1) is 12.4 Å². The molecule has 4 aliphatic rings. The summed E-state index contributed by atoms with van der Waals surface area (Å²) in [5.74, 6) is 1.83. The largest absolute Gasteiger partial charge is 0.390 e. The molecule has 1 saturated heterocycles. The lowest BCUT2D eigenvalue weighted by atomic mass is 9.75. The van der Waals surface area contributed by atoms with Gasteiger partial charge in [0.15, 0.2) is 0 Å². The topological polar surface area (TPSA) is 76.4 Å². The first-order valence-electron chi connectivity index (χ1n) is 10.7. The van der Waals surface area contributed by atoms with E-state index in [1.807, 2.05) is 0 Å². The zero-order valence-electron chi connectivity index (χ0n) is 16.2. The molecule has 4 fully saturated rings. The number of nitrogens with zero attached hydrogens (tertiary/aromatic N) is 2. The smallest absolute Gasteiger partial charge is 0.237 e. The lowest BCUT2D eigenvalue weighted by molar-refractivity contribution is -0.130. The van der Waals surface area contributed by atoms with Crippen molar-refractivity contribution in [2.24, 2.45) is 17.8 Å². The minimum atomic E-state index is -0.411. The van der Waals surface area contributed by atoms with Gasteiger partial charge in [-0.05, 0) is 69.1 Å². The SMILES string of the molecule is Cl.N#CC1CCCN1C(=O)CNC1CC2CC(O)(C3CCCCC3)CC2C1. The molecule has 3 aliphatic carbocycles. The van der Waals surface area contributed by atoms with Crippen LogP contribution in [-0.4, -0.2) is 46.7 Å². The molecule has 0 aromatic carbocycles. The van der Waals surface area contributed by atoms with Crippen LogP contribution in [0.4, 0.5) is 0 Å². The molecule has 152 valence electrons. The average Bonchev–Trinajstić information content (AvgIpc) is 3.33. The normalized spacial score (nSPS) is 39.0. The summed E-state index contributed by atoms with van der Waals surface area (Å²) in [6.07, 6.45) is 12.2. The molecule has 3 saturated carbocycles. The van der Waals surface area contributed by atoms with E-state index in [9.17, 15) is 9.90 Å². The molecule has 1 heterocycles. The van der Waals surface area contributed by atoms with Crippen LogP contribution in [0.25, 0.3) is 0 Å². The maximum absolute atomic E-state index is 12.4. The van der Waals surface area contributed by atoms with Crippen LogP contribution < -0.4 is 5.32 Å². The van der Waals surface area contributed by atoms with Crippen LogP contribution >= 0.6 is 12.4 Å². The number of aliphatic hydroxyl groups is 1. The Hall–Kier alpha value is -0.830. The maximum atomic E-state index is 12.4. The summed E-state index contributed by atoms with van der Waals surface area (Å²) in [7, 11) is 0. The monoisotopic (exact) mass is 395 g/mol. The summed E-state index contributed by atoms with van der Waals surface area (Å²) >= 11 is 0. The number of likely N-dealkylation sites (tertiary alicyclic amines) is 1. The molecule has 0 spiro atoms. The van der Waals surface area contributed by atoms with Gasteiger partial charge in [-0.3, -0.25) is 4.79 Å². The molecule has 0 radical (unpaired) electrons. The highest BCUT2D eigenvalue weighted by Crippen LogP contribution is 2.53. The van der Waals surface area contributed by atoms with Gasteiger partial charge >= 0.3 is 0 Å². The predicted molar refractivity (Wildman–Crippen MR) is 106 cm³/mol. The first kappa shape index (κ1) is 20.9. The molecule has 27 heavy (non-hydrogen) atoms. The second-order valence-corrected chi connectivity index (χ2v) is 9.29. The standard InChI is InChI=1S/C21H33N3O2.ClH/c22-13-19-7-4-8-24(19)20(25)14-23-18-9-15-11-21(26,12-16(15)10-18)17-5-2-1-3-6-17;/h15-19,23,26H,1-12,14H2;1H. The van der Waals surface area contributed by atoms with Crippen LogP contribution in [0.1, 0.15) is 70.6 Å². The molecule has 1 aliphatic heterocycles. The minimum absolute atomic E-state index is 0. The van der Waals surface area contributed by atoms with Crippen molar-refractivity contribution in [3.8, 4) is 6.07 Å². The summed E-state index contributed by atoms with van der Waals surface area (Å²) in [4.78, 5) is 14.1. The van der Waals surface area contributed by atoms with E-state index in [1.54, 1.807) is 4.90 Å². The molecule has 4 rings (SSSR count). The van der Waals surface area contributed by atoms with Crippen molar-refractivity contribution < 1.29 is 9.90 Å². The van der Waals surface area contributed by atoms with Crippen molar-refractivity contribution in [1.82, 2.24) is 10.2 Å². The van der Waals surface area contributed by atoms with Gasteiger partial charge in [-0.2, -0.15) is 5.26 Å². The molecule has 3 atom stereocenters. The van der Waals surface area contributed by atoms with Crippen molar-refractivity contribution in [3.63, 3.8) is 0 Å². The van der Waals surface area contributed by atoms with Crippen LogP contribution in [0, 0.1) is 29.1 Å². The fraction of sp³-hybridized carbons (Fsp3) is 0.905. The van der Waals surface area contributed by atoms with Gasteiger partial charge in [0.05, 0.1) is 18.2 Å². The maximum Gasteiger partial charge on any atom is 0.237 e. The summed E-state index contributed by atoms with van der Waals surface area (Å²) in [5, 5.41) is 23.8. The number of fused-ring (bicyclic) bond motifs is 1. The third-order valence-electron chi connectivity index (χ3n) is 7.70. The molecule has 1 amide bonds. The van der Waals surface area contributed by atoms with E-state index in [4.69, 9.17) is 5.26 Å². The summed E-state index contributed by atoms with van der Waals surface area (Å²) in [6, 6.07) is 2.42. The first-order valence-corrected chi connectivity index (χ1v) is 10.7. The van der Waals surface area contributed by atoms with Crippen LogP contribution in [0.3, 0.4) is 0 Å². The number of nitrogens with one attached hydrogen (secondary N) is 1. The molecule has 0 bridgehead atoms. The molecule has 5 nitrogen and oxygen atoms in total. The Morgan fingerprint density at radius 2 is 1.78 bits per heavy atom. The van der Waals surface area contributed by atoms with Crippen LogP contribution in [0.2, 0.25) is 0 Å². The third kappa shape index (κ3) is 4.28. The molecule has 3 unspecified atom stereocenters. The number of hydrogen-bond donors (Lipinski definition) is 2. The lowest BCUT2D eigenvalue weighted by Gasteiger charge is -2.36. The van der Waals surface area contributed by atoms with E-state index < -0.39 is 5.60 Å². The van der Waals surface area contributed by atoms with E-state index in [0.717, 1.165) is 45.1 Å². The first-order chi connectivity index (χ1) is 12.6. The van der Waals surface area contributed by atoms with Crippen molar-refractivity contribution in [2.75, 3.05) is 13.1 Å². The van der Waals surface area contributed by atoms with Crippen molar-refractivity contribution in [2.45, 2.75) is 88.3 Å². The molecule has 0 aromatic heterocycles. The highest BCUT2D eigenvalue weighted by molar-refractivity contribution is 5.85. The Bertz CT molecular complexity index is 558. The number of halogens is 1. The van der Waals surface area contributed by atoms with Gasteiger partial charge in [-0.1, -0.05) is 19.3 Å². The Morgan fingerprint density at radius 3 is 2.41 bits per heavy atom. The average molecular weight is 396 g/mol. The second-order valence-electron chi connectivity index (χ2n) is 9.29. The van der Waals surface area contributed by atoms with Crippen LogP contribution in [0.15, 0.2) is 0 Å². The van der Waals surface area contributed by atoms with Gasteiger partial charge in [-0.25, -0.2) is 0 Å². The van der Waals surface area contributed by atoms with Crippen LogP contribution in [0.5, 0.6) is 0 Å². The number of nitriles is 1. The Balaban J connectivity index is 0.00000210. The fourth-order valence-corrected chi connectivity index (χ4v) is 6.38. The fourth-order valence-electron chi connectivity index (χ4n) is 6.38. The van der Waals surface area contributed by atoms with E-state index >= 15 is 0 Å². The van der Waals surface area contributed by atoms with Gasteiger partial charge in [0.1, 0.15) is 6.04 Å². The van der Waals surface area contributed by atoms with Gasteiger partial charge in [0.25, 0.3) is 0 Å². The zero-order valence-corrected chi connectivity index (χ0v) is 17.1. The second kappa shape index (κ2) is 8.68. The van der Waals surface area contributed by atoms with Crippen molar-refractivity contribution in [1.29, 1.82) is 5.26 Å². The Kier molecular flexibility index (Phi) is 6.71. The van der Waals surface area contributed by atoms with Crippen LogP contribution in [-0.2, 0) is 4.79 Å². The Labute approximate surface area is 169 Å². The van der Waals surface area contributed by atoms with E-state index in [0.29, 0.717) is 30.3 Å². The molecule has 6 heteroatoms. The van der Waals surface area contributed by atoms with E-state index in [1.165, 1.54) is 32.1 Å². The molecule has 0 aromatic rings. The predicted octanol–water partition coefficient (Wildman–Crippen LogP) is 3.01. The number of carbonyl (C=O) groups excluding carboxylic acids is 1. The molecule has 2 N–H and O–H groups in total. The number of hydrogen-bond acceptors (Lipinski definition) is 4. The highest BCUT2D eigenvalue weighted by Gasteiger charge is 2.51. The van der Waals surface area contributed by atoms with Gasteiger partial charge < -0.3 is 15.3 Å². The quantitative estimate of drug-likeness (QED) is 0.767. The van der Waals surface area contributed by atoms with E-state index in [2.05, 4.69) is 11.4 Å². The number of carbonyl (C=O) groups is 1. The van der Waals surface area contributed by atoms with Crippen molar-refractivity contribution >= 4 is 18.3 Å². The lowest BCUT2D eigenvalue weighted by Crippen LogP contribution is -2.43. The van der Waals surface area contributed by atoms with Gasteiger partial charge in [0, 0.05) is 12.6 Å². The molecular weight excluding hydrogens is 362 g/mol. The third-order valence-corrected chi connectivity index (χ3v) is 7.70. The number of amides is 1. The summed E-state index contributed by atoms with van der Waals surface area (Å²) in [5.41, 5.74) is -0.411. The molecular formula is C21H34ClN3O2.